The summed E-state index contributed by atoms with van der Waals surface area (Å²) in [5.41, 5.74) is 0.298. The van der Waals surface area contributed by atoms with Gasteiger partial charge in [0, 0.05) is 52.4 Å². The van der Waals surface area contributed by atoms with Crippen LogP contribution >= 0.6 is 0 Å². The second-order valence-electron chi connectivity index (χ2n) is 6.61. The molecule has 0 atom stereocenters. The van der Waals surface area contributed by atoms with E-state index in [-0.39, 0.29) is 6.03 Å². The van der Waals surface area contributed by atoms with E-state index < -0.39 is 0 Å². The molecule has 2 heterocycles. The Kier molecular flexibility index (Phi) is 4.91. The number of urea groups is 1. The van der Waals surface area contributed by atoms with Crippen LogP contribution in [0.25, 0.3) is 0 Å². The van der Waals surface area contributed by atoms with Crippen LogP contribution in [0.3, 0.4) is 0 Å². The van der Waals surface area contributed by atoms with E-state index in [9.17, 15) is 4.79 Å². The molecule has 2 rings (SSSR count). The van der Waals surface area contributed by atoms with Gasteiger partial charge in [0.1, 0.15) is 0 Å². The first-order chi connectivity index (χ1) is 9.48. The molecule has 2 saturated heterocycles. The molecule has 2 aliphatic rings. The van der Waals surface area contributed by atoms with Crippen molar-refractivity contribution in [2.45, 2.75) is 31.7 Å². The number of hydrogen-bond acceptors (Lipinski definition) is 3. The van der Waals surface area contributed by atoms with E-state index in [4.69, 9.17) is 0 Å². The van der Waals surface area contributed by atoms with Crippen LogP contribution in [0.15, 0.2) is 0 Å². The average Bonchev–Trinajstić information content (AvgIpc) is 2.42. The van der Waals surface area contributed by atoms with Gasteiger partial charge in [-0.1, -0.05) is 6.92 Å². The lowest BCUT2D eigenvalue weighted by Crippen LogP contribution is -2.65. The van der Waals surface area contributed by atoms with Gasteiger partial charge in [0.25, 0.3) is 0 Å². The number of carbonyl (C=O) groups is 1. The summed E-state index contributed by atoms with van der Waals surface area (Å²) < 4.78 is 0. The number of nitrogens with zero attached hydrogens (tertiary/aromatic N) is 4. The van der Waals surface area contributed by atoms with Gasteiger partial charge in [-0.05, 0) is 32.9 Å². The zero-order valence-corrected chi connectivity index (χ0v) is 13.6. The van der Waals surface area contributed by atoms with Gasteiger partial charge in [-0.3, -0.25) is 4.90 Å². The maximum atomic E-state index is 12.1. The second kappa shape index (κ2) is 6.31. The Morgan fingerprint density at radius 1 is 1.15 bits per heavy atom. The molecule has 0 aromatic rings. The van der Waals surface area contributed by atoms with Crippen molar-refractivity contribution in [2.75, 3.05) is 60.4 Å². The zero-order chi connectivity index (χ0) is 14.8. The molecule has 20 heavy (non-hydrogen) atoms. The first-order valence-corrected chi connectivity index (χ1v) is 7.88. The minimum atomic E-state index is 0.158. The van der Waals surface area contributed by atoms with Gasteiger partial charge >= 0.3 is 6.03 Å². The number of carbonyl (C=O) groups excluding carboxylic acids is 1. The molecule has 0 saturated carbocycles. The molecule has 0 unspecified atom stereocenters. The third kappa shape index (κ3) is 3.09. The Morgan fingerprint density at radius 2 is 1.80 bits per heavy atom. The van der Waals surface area contributed by atoms with E-state index in [0.29, 0.717) is 5.54 Å². The molecule has 0 aliphatic carbocycles. The van der Waals surface area contributed by atoms with Gasteiger partial charge in [-0.15, -0.1) is 0 Å². The fourth-order valence-corrected chi connectivity index (χ4v) is 3.70. The third-order valence-electron chi connectivity index (χ3n) is 4.83. The summed E-state index contributed by atoms with van der Waals surface area (Å²) in [6.07, 6.45) is 3.43. The lowest BCUT2D eigenvalue weighted by Gasteiger charge is -2.54. The number of rotatable bonds is 2. The van der Waals surface area contributed by atoms with Gasteiger partial charge in [-0.2, -0.15) is 0 Å². The monoisotopic (exact) mass is 282 g/mol. The van der Waals surface area contributed by atoms with Crippen molar-refractivity contribution < 1.29 is 4.79 Å². The number of likely N-dealkylation sites (N-methyl/N-ethyl adjacent to an activating group) is 1. The van der Waals surface area contributed by atoms with E-state index in [2.05, 4.69) is 23.8 Å². The maximum absolute atomic E-state index is 12.1. The average molecular weight is 282 g/mol. The van der Waals surface area contributed by atoms with E-state index in [0.717, 1.165) is 32.5 Å². The van der Waals surface area contributed by atoms with Crippen LogP contribution < -0.4 is 0 Å². The number of amides is 2. The highest BCUT2D eigenvalue weighted by atomic mass is 16.2. The quantitative estimate of drug-likeness (QED) is 0.761. The van der Waals surface area contributed by atoms with Gasteiger partial charge < -0.3 is 14.7 Å². The highest BCUT2D eigenvalue weighted by Crippen LogP contribution is 2.32. The molecular formula is C15H30N4O. The van der Waals surface area contributed by atoms with Crippen LogP contribution in [-0.2, 0) is 0 Å². The summed E-state index contributed by atoms with van der Waals surface area (Å²) in [6.45, 7) is 8.73. The molecule has 1 spiro atoms. The van der Waals surface area contributed by atoms with Crippen molar-refractivity contribution in [3.8, 4) is 0 Å². The molecule has 0 aromatic carbocycles. The number of piperidine rings is 1. The third-order valence-corrected chi connectivity index (χ3v) is 4.83. The Labute approximate surface area is 123 Å². The minimum absolute atomic E-state index is 0.158. The second-order valence-corrected chi connectivity index (χ2v) is 6.61. The fraction of sp³-hybridized carbons (Fsp3) is 0.933. The Hall–Kier alpha value is -0.810. The van der Waals surface area contributed by atoms with Gasteiger partial charge in [-0.25, -0.2) is 4.79 Å². The Bertz CT molecular complexity index is 337. The summed E-state index contributed by atoms with van der Waals surface area (Å²) in [5.74, 6) is 0. The Balaban J connectivity index is 2.02. The van der Waals surface area contributed by atoms with Crippen molar-refractivity contribution in [3.05, 3.63) is 0 Å². The van der Waals surface area contributed by atoms with E-state index in [1.54, 1.807) is 4.90 Å². The van der Waals surface area contributed by atoms with Crippen LogP contribution in [0.5, 0.6) is 0 Å². The first-order valence-electron chi connectivity index (χ1n) is 7.88. The van der Waals surface area contributed by atoms with Crippen molar-refractivity contribution in [1.82, 2.24) is 19.6 Å². The van der Waals surface area contributed by atoms with E-state index >= 15 is 0 Å². The van der Waals surface area contributed by atoms with Crippen LogP contribution in [-0.4, -0.2) is 91.6 Å². The molecule has 0 bridgehead atoms. The summed E-state index contributed by atoms with van der Waals surface area (Å²) >= 11 is 0. The molecular weight excluding hydrogens is 252 g/mol. The Morgan fingerprint density at radius 3 is 2.35 bits per heavy atom. The smallest absolute Gasteiger partial charge is 0.319 e. The van der Waals surface area contributed by atoms with Crippen molar-refractivity contribution in [1.29, 1.82) is 0 Å². The standard InChI is InChI=1S/C15H30N4O/c1-5-8-19-12-11-17(4)13-15(19)6-9-18(10-7-15)14(20)16(2)3/h5-13H2,1-4H3. The van der Waals surface area contributed by atoms with Crippen molar-refractivity contribution in [3.63, 3.8) is 0 Å². The van der Waals surface area contributed by atoms with Crippen molar-refractivity contribution >= 4 is 6.03 Å². The molecule has 2 amide bonds. The van der Waals surface area contributed by atoms with Crippen LogP contribution in [0.1, 0.15) is 26.2 Å². The van der Waals surface area contributed by atoms with Gasteiger partial charge in [0.05, 0.1) is 0 Å². The lowest BCUT2D eigenvalue weighted by molar-refractivity contribution is -0.0298. The van der Waals surface area contributed by atoms with Crippen molar-refractivity contribution in [2.24, 2.45) is 0 Å². The van der Waals surface area contributed by atoms with Crippen LogP contribution in [0.2, 0.25) is 0 Å². The van der Waals surface area contributed by atoms with E-state index in [1.165, 1.54) is 26.1 Å². The molecule has 0 radical (unpaired) electrons. The molecule has 5 heteroatoms. The predicted octanol–water partition coefficient (Wildman–Crippen LogP) is 1.16. The topological polar surface area (TPSA) is 30.0 Å². The maximum Gasteiger partial charge on any atom is 0.319 e. The van der Waals surface area contributed by atoms with Crippen LogP contribution in [0.4, 0.5) is 4.79 Å². The molecule has 0 N–H and O–H groups in total. The largest absolute Gasteiger partial charge is 0.331 e. The summed E-state index contributed by atoms with van der Waals surface area (Å²) in [6, 6.07) is 0.158. The van der Waals surface area contributed by atoms with Gasteiger partial charge in [0.2, 0.25) is 0 Å². The number of likely N-dealkylation sites (tertiary alicyclic amines) is 1. The molecule has 2 aliphatic heterocycles. The summed E-state index contributed by atoms with van der Waals surface area (Å²) in [5, 5.41) is 0. The normalized spacial score (nSPS) is 24.1. The number of hydrogen-bond donors (Lipinski definition) is 0. The molecule has 5 nitrogen and oxygen atoms in total. The minimum Gasteiger partial charge on any atom is -0.331 e. The highest BCUT2D eigenvalue weighted by Gasteiger charge is 2.43. The fourth-order valence-electron chi connectivity index (χ4n) is 3.70. The SMILES string of the molecule is CCCN1CCN(C)CC12CCN(C(=O)N(C)C)CC2. The summed E-state index contributed by atoms with van der Waals surface area (Å²) in [4.78, 5) is 20.9. The zero-order valence-electron chi connectivity index (χ0n) is 13.6. The van der Waals surface area contributed by atoms with Crippen LogP contribution in [0, 0.1) is 0 Å². The molecule has 0 aromatic heterocycles. The first kappa shape index (κ1) is 15.6. The lowest BCUT2D eigenvalue weighted by atomic mass is 9.83. The predicted molar refractivity (Wildman–Crippen MR) is 82.0 cm³/mol. The highest BCUT2D eigenvalue weighted by molar-refractivity contribution is 5.73. The molecule has 116 valence electrons. The van der Waals surface area contributed by atoms with E-state index in [1.807, 2.05) is 19.0 Å². The van der Waals surface area contributed by atoms with Gasteiger partial charge in [0.15, 0.2) is 0 Å². The summed E-state index contributed by atoms with van der Waals surface area (Å²) in [7, 11) is 5.90. The number of piperazine rings is 1. The molecule has 2 fully saturated rings.